The molecular weight excluding hydrogens is 477 g/mol. The zero-order chi connectivity index (χ0) is 19.8. The minimum absolute atomic E-state index is 0. The average molecular weight is 520 g/mol. The summed E-state index contributed by atoms with van der Waals surface area (Å²) < 4.78 is 0. The van der Waals surface area contributed by atoms with Crippen molar-refractivity contribution < 1.29 is 4.79 Å². The van der Waals surface area contributed by atoms with Crippen LogP contribution in [0.1, 0.15) is 70.6 Å². The van der Waals surface area contributed by atoms with Crippen LogP contribution in [0.5, 0.6) is 0 Å². The van der Waals surface area contributed by atoms with E-state index in [1.54, 1.807) is 19.0 Å². The number of carbonyl (C=O) groups excluding carboxylic acids is 1. The van der Waals surface area contributed by atoms with E-state index in [9.17, 15) is 4.79 Å². The van der Waals surface area contributed by atoms with Crippen LogP contribution in [0.25, 0.3) is 0 Å². The molecule has 7 heteroatoms. The van der Waals surface area contributed by atoms with Gasteiger partial charge < -0.3 is 20.4 Å². The average Bonchev–Trinajstić information content (AvgIpc) is 3.26. The summed E-state index contributed by atoms with van der Waals surface area (Å²) in [6.45, 7) is 3.57. The molecule has 1 amide bonds. The highest BCUT2D eigenvalue weighted by Gasteiger charge is 2.27. The van der Waals surface area contributed by atoms with Crippen molar-refractivity contribution in [1.82, 2.24) is 20.4 Å². The molecule has 3 fully saturated rings. The van der Waals surface area contributed by atoms with E-state index in [0.29, 0.717) is 6.04 Å². The number of piperidine rings is 1. The summed E-state index contributed by atoms with van der Waals surface area (Å²) in [4.78, 5) is 20.9. The summed E-state index contributed by atoms with van der Waals surface area (Å²) in [5.74, 6) is 1.63. The molecule has 1 heterocycles. The zero-order valence-electron chi connectivity index (χ0n) is 18.5. The number of nitrogens with zero attached hydrogens (tertiary/aromatic N) is 3. The van der Waals surface area contributed by atoms with Crippen molar-refractivity contribution in [1.29, 1.82) is 0 Å². The Bertz CT molecular complexity index is 507. The molecule has 0 aromatic heterocycles. The Kier molecular flexibility index (Phi) is 11.0. The first-order valence-corrected chi connectivity index (χ1v) is 11.6. The molecule has 2 N–H and O–H groups in total. The van der Waals surface area contributed by atoms with E-state index in [1.807, 2.05) is 0 Å². The Morgan fingerprint density at radius 1 is 0.966 bits per heavy atom. The molecular formula is C22H42IN5O. The van der Waals surface area contributed by atoms with Crippen LogP contribution < -0.4 is 10.6 Å². The molecule has 6 nitrogen and oxygen atoms in total. The van der Waals surface area contributed by atoms with Gasteiger partial charge in [0, 0.05) is 45.8 Å². The van der Waals surface area contributed by atoms with Crippen LogP contribution in [-0.4, -0.2) is 74.0 Å². The first kappa shape index (κ1) is 24.7. The third kappa shape index (κ3) is 8.23. The normalized spacial score (nSPS) is 22.9. The number of nitrogens with one attached hydrogen (secondary N) is 2. The second-order valence-corrected chi connectivity index (χ2v) is 9.23. The topological polar surface area (TPSA) is 60.0 Å². The van der Waals surface area contributed by atoms with Gasteiger partial charge in [0.2, 0.25) is 5.91 Å². The van der Waals surface area contributed by atoms with Crippen molar-refractivity contribution in [3.63, 3.8) is 0 Å². The molecule has 0 aromatic carbocycles. The largest absolute Gasteiger partial charge is 0.356 e. The highest BCUT2D eigenvalue weighted by Crippen LogP contribution is 2.26. The summed E-state index contributed by atoms with van der Waals surface area (Å²) in [5, 5.41) is 7.19. The first-order chi connectivity index (χ1) is 13.6. The van der Waals surface area contributed by atoms with Crippen LogP contribution in [0.15, 0.2) is 4.99 Å². The minimum atomic E-state index is 0. The molecule has 3 aliphatic rings. The van der Waals surface area contributed by atoms with Crippen LogP contribution >= 0.6 is 24.0 Å². The van der Waals surface area contributed by atoms with E-state index in [0.717, 1.165) is 24.5 Å². The Balaban J connectivity index is 0.00000300. The van der Waals surface area contributed by atoms with Crippen LogP contribution in [-0.2, 0) is 4.79 Å². The summed E-state index contributed by atoms with van der Waals surface area (Å²) in [6, 6.07) is 1.29. The molecule has 0 bridgehead atoms. The number of halogens is 1. The Morgan fingerprint density at radius 3 is 2.21 bits per heavy atom. The third-order valence-electron chi connectivity index (χ3n) is 6.87. The molecule has 0 aromatic rings. The van der Waals surface area contributed by atoms with Gasteiger partial charge in [0.25, 0.3) is 0 Å². The Hall–Kier alpha value is -0.570. The van der Waals surface area contributed by atoms with Gasteiger partial charge in [0.1, 0.15) is 6.54 Å². The minimum Gasteiger partial charge on any atom is -0.356 e. The monoisotopic (exact) mass is 519 g/mol. The van der Waals surface area contributed by atoms with Gasteiger partial charge in [-0.1, -0.05) is 32.1 Å². The Labute approximate surface area is 194 Å². The summed E-state index contributed by atoms with van der Waals surface area (Å²) in [6.07, 6.45) is 14.6. The predicted molar refractivity (Wildman–Crippen MR) is 131 cm³/mol. The number of amides is 1. The number of carbonyl (C=O) groups is 1. The molecule has 2 saturated carbocycles. The fourth-order valence-electron chi connectivity index (χ4n) is 4.94. The number of hydrogen-bond acceptors (Lipinski definition) is 3. The van der Waals surface area contributed by atoms with Gasteiger partial charge in [-0.2, -0.15) is 0 Å². The smallest absolute Gasteiger partial charge is 0.243 e. The SMILES string of the molecule is CN(C)C(=O)CN=C(NCC1CCCCC1)NC1CCN(C2CCCC2)CC1.I. The number of guanidine groups is 1. The number of hydrogen-bond donors (Lipinski definition) is 2. The van der Waals surface area contributed by atoms with Crippen LogP contribution in [0.3, 0.4) is 0 Å². The number of likely N-dealkylation sites (N-methyl/N-ethyl adjacent to an activating group) is 1. The highest BCUT2D eigenvalue weighted by atomic mass is 127. The molecule has 1 saturated heterocycles. The maximum absolute atomic E-state index is 12.0. The Morgan fingerprint density at radius 2 is 1.59 bits per heavy atom. The molecule has 0 atom stereocenters. The van der Waals surface area contributed by atoms with Crippen molar-refractivity contribution in [2.75, 3.05) is 40.3 Å². The first-order valence-electron chi connectivity index (χ1n) is 11.6. The van der Waals surface area contributed by atoms with Gasteiger partial charge in [0.15, 0.2) is 5.96 Å². The maximum atomic E-state index is 12.0. The number of aliphatic imine (C=N–C) groups is 1. The van der Waals surface area contributed by atoms with Crippen molar-refractivity contribution >= 4 is 35.8 Å². The molecule has 29 heavy (non-hydrogen) atoms. The highest BCUT2D eigenvalue weighted by molar-refractivity contribution is 14.0. The second-order valence-electron chi connectivity index (χ2n) is 9.23. The summed E-state index contributed by atoms with van der Waals surface area (Å²) in [5.41, 5.74) is 0. The van der Waals surface area contributed by atoms with Crippen molar-refractivity contribution in [3.8, 4) is 0 Å². The summed E-state index contributed by atoms with van der Waals surface area (Å²) >= 11 is 0. The zero-order valence-corrected chi connectivity index (χ0v) is 20.8. The lowest BCUT2D eigenvalue weighted by Crippen LogP contribution is -2.51. The van der Waals surface area contributed by atoms with Gasteiger partial charge in [0.05, 0.1) is 0 Å². The van der Waals surface area contributed by atoms with E-state index in [1.165, 1.54) is 83.7 Å². The molecule has 168 valence electrons. The fourth-order valence-corrected chi connectivity index (χ4v) is 4.94. The van der Waals surface area contributed by atoms with Gasteiger partial charge in [-0.25, -0.2) is 4.99 Å². The van der Waals surface area contributed by atoms with E-state index >= 15 is 0 Å². The number of likely N-dealkylation sites (tertiary alicyclic amines) is 1. The van der Waals surface area contributed by atoms with Gasteiger partial charge in [-0.15, -0.1) is 24.0 Å². The van der Waals surface area contributed by atoms with Gasteiger partial charge in [-0.3, -0.25) is 4.79 Å². The van der Waals surface area contributed by atoms with Crippen LogP contribution in [0.4, 0.5) is 0 Å². The van der Waals surface area contributed by atoms with Gasteiger partial charge >= 0.3 is 0 Å². The predicted octanol–water partition coefficient (Wildman–Crippen LogP) is 3.22. The molecule has 3 rings (SSSR count). The van der Waals surface area contributed by atoms with Crippen molar-refractivity contribution in [3.05, 3.63) is 0 Å². The lowest BCUT2D eigenvalue weighted by Gasteiger charge is -2.36. The lowest BCUT2D eigenvalue weighted by molar-refractivity contribution is -0.127. The van der Waals surface area contributed by atoms with Crippen molar-refractivity contribution in [2.24, 2.45) is 10.9 Å². The van der Waals surface area contributed by atoms with Gasteiger partial charge in [-0.05, 0) is 44.4 Å². The van der Waals surface area contributed by atoms with Crippen molar-refractivity contribution in [2.45, 2.75) is 82.7 Å². The third-order valence-corrected chi connectivity index (χ3v) is 6.87. The number of rotatable bonds is 6. The van der Waals surface area contributed by atoms with E-state index < -0.39 is 0 Å². The van der Waals surface area contributed by atoms with E-state index in [2.05, 4.69) is 20.5 Å². The molecule has 0 radical (unpaired) electrons. The molecule has 2 aliphatic carbocycles. The molecule has 0 unspecified atom stereocenters. The standard InChI is InChI=1S/C22H41N5O.HI/c1-26(2)21(28)17-24-22(23-16-18-8-4-3-5-9-18)25-19-12-14-27(15-13-19)20-10-6-7-11-20;/h18-20H,3-17H2,1-2H3,(H2,23,24,25);1H. The summed E-state index contributed by atoms with van der Waals surface area (Å²) in [7, 11) is 3.58. The fraction of sp³-hybridized carbons (Fsp3) is 0.909. The lowest BCUT2D eigenvalue weighted by atomic mass is 9.89. The molecule has 1 aliphatic heterocycles. The van der Waals surface area contributed by atoms with Crippen LogP contribution in [0.2, 0.25) is 0 Å². The second kappa shape index (κ2) is 13.0. The quantitative estimate of drug-likeness (QED) is 0.322. The van der Waals surface area contributed by atoms with E-state index in [4.69, 9.17) is 0 Å². The van der Waals surface area contributed by atoms with E-state index in [-0.39, 0.29) is 36.4 Å². The molecule has 0 spiro atoms. The van der Waals surface area contributed by atoms with Crippen LogP contribution in [0, 0.1) is 5.92 Å². The maximum Gasteiger partial charge on any atom is 0.243 e.